The molecule has 1 amide bonds. The maximum absolute atomic E-state index is 14.7. The maximum atomic E-state index is 14.7. The third kappa shape index (κ3) is 2.66. The maximum Gasteiger partial charge on any atom is 0.246 e. The largest absolute Gasteiger partial charge is 0.504 e. The zero-order chi connectivity index (χ0) is 23.6. The van der Waals surface area contributed by atoms with E-state index in [4.69, 9.17) is 9.15 Å². The Morgan fingerprint density at radius 3 is 2.20 bits per heavy atom. The predicted octanol–water partition coefficient (Wildman–Crippen LogP) is 5.95. The molecule has 1 aromatic heterocycles. The first-order valence-corrected chi connectivity index (χ1v) is 11.6. The molecule has 4 aromatic carbocycles. The Labute approximate surface area is 201 Å². The number of aromatic hydroxyl groups is 1. The Hall–Kier alpha value is -4.51. The van der Waals surface area contributed by atoms with Gasteiger partial charge in [-0.2, -0.15) is 0 Å². The van der Waals surface area contributed by atoms with Crippen LogP contribution in [0.3, 0.4) is 0 Å². The smallest absolute Gasteiger partial charge is 0.246 e. The van der Waals surface area contributed by atoms with Gasteiger partial charge in [0.2, 0.25) is 5.91 Å². The Morgan fingerprint density at radius 2 is 1.49 bits per heavy atom. The van der Waals surface area contributed by atoms with E-state index in [1.807, 2.05) is 71.6 Å². The summed E-state index contributed by atoms with van der Waals surface area (Å²) in [6, 6.07) is 31.5. The van der Waals surface area contributed by atoms with Crippen LogP contribution in [0.15, 0.2) is 108 Å². The fraction of sp³-hybridized carbons (Fsp3) is 0.100. The molecule has 35 heavy (non-hydrogen) atoms. The Balaban J connectivity index is 1.48. The predicted molar refractivity (Wildman–Crippen MR) is 133 cm³/mol. The number of ether oxygens (including phenoxy) is 1. The van der Waals surface area contributed by atoms with E-state index in [0.717, 1.165) is 27.9 Å². The standard InChI is InChI=1S/C30H21NO4/c32-25-17-34-26-16-27-23(15-21(25)26)30(18-35-27)22-13-7-8-14-24(22)31(29(30)33)28(19-9-3-1-4-10-19)20-11-5-2-6-12-20/h1-17,28,32H,18H2. The summed E-state index contributed by atoms with van der Waals surface area (Å²) in [5, 5.41) is 10.9. The second-order valence-electron chi connectivity index (χ2n) is 9.08. The molecule has 1 atom stereocenters. The lowest BCUT2D eigenvalue weighted by atomic mass is 9.76. The minimum atomic E-state index is -1.01. The fourth-order valence-electron chi connectivity index (χ4n) is 5.65. The van der Waals surface area contributed by atoms with Crippen LogP contribution in [0.1, 0.15) is 28.3 Å². The van der Waals surface area contributed by atoms with Crippen molar-refractivity contribution in [2.75, 3.05) is 11.5 Å². The normalized spacial score (nSPS) is 18.3. The highest BCUT2D eigenvalue weighted by Crippen LogP contribution is 2.55. The van der Waals surface area contributed by atoms with Gasteiger partial charge < -0.3 is 14.3 Å². The topological polar surface area (TPSA) is 62.9 Å². The number of anilines is 1. The summed E-state index contributed by atoms with van der Waals surface area (Å²) >= 11 is 0. The molecule has 0 radical (unpaired) electrons. The summed E-state index contributed by atoms with van der Waals surface area (Å²) in [4.78, 5) is 16.6. The number of para-hydroxylation sites is 1. The second-order valence-corrected chi connectivity index (χ2v) is 9.08. The van der Waals surface area contributed by atoms with Crippen molar-refractivity contribution in [1.82, 2.24) is 0 Å². The van der Waals surface area contributed by atoms with Gasteiger partial charge in [-0.1, -0.05) is 78.9 Å². The molecule has 0 saturated heterocycles. The number of benzene rings is 4. The van der Waals surface area contributed by atoms with Crippen LogP contribution in [0.25, 0.3) is 11.0 Å². The van der Waals surface area contributed by atoms with Crippen molar-refractivity contribution in [3.05, 3.63) is 126 Å². The van der Waals surface area contributed by atoms with Crippen molar-refractivity contribution in [2.24, 2.45) is 0 Å². The van der Waals surface area contributed by atoms with Crippen LogP contribution in [0.2, 0.25) is 0 Å². The van der Waals surface area contributed by atoms with Gasteiger partial charge in [-0.05, 0) is 28.8 Å². The molecule has 3 heterocycles. The molecule has 2 aliphatic heterocycles. The summed E-state index contributed by atoms with van der Waals surface area (Å²) < 4.78 is 11.6. The average molecular weight is 460 g/mol. The molecule has 7 rings (SSSR count). The molecule has 0 saturated carbocycles. The molecule has 5 aromatic rings. The molecular weight excluding hydrogens is 438 g/mol. The molecule has 1 spiro atoms. The highest BCUT2D eigenvalue weighted by atomic mass is 16.5. The summed E-state index contributed by atoms with van der Waals surface area (Å²) in [6.07, 6.45) is 1.31. The molecule has 0 aliphatic carbocycles. The van der Waals surface area contributed by atoms with E-state index in [-0.39, 0.29) is 24.3 Å². The van der Waals surface area contributed by atoms with Gasteiger partial charge in [0.25, 0.3) is 0 Å². The van der Waals surface area contributed by atoms with Gasteiger partial charge in [0.1, 0.15) is 29.6 Å². The van der Waals surface area contributed by atoms with Crippen molar-refractivity contribution >= 4 is 22.6 Å². The lowest BCUT2D eigenvalue weighted by Crippen LogP contribution is -2.44. The lowest BCUT2D eigenvalue weighted by Gasteiger charge is -2.31. The number of carbonyl (C=O) groups excluding carboxylic acids is 1. The molecule has 5 heteroatoms. The molecule has 170 valence electrons. The van der Waals surface area contributed by atoms with Crippen LogP contribution in [0.5, 0.6) is 11.5 Å². The van der Waals surface area contributed by atoms with Crippen molar-refractivity contribution in [2.45, 2.75) is 11.5 Å². The minimum Gasteiger partial charge on any atom is -0.504 e. The van der Waals surface area contributed by atoms with Gasteiger partial charge in [0.05, 0.1) is 11.4 Å². The van der Waals surface area contributed by atoms with E-state index >= 15 is 0 Å². The van der Waals surface area contributed by atoms with Gasteiger partial charge in [-0.15, -0.1) is 0 Å². The number of carbonyl (C=O) groups is 1. The number of hydrogen-bond donors (Lipinski definition) is 1. The number of amides is 1. The highest BCUT2D eigenvalue weighted by molar-refractivity contribution is 6.13. The van der Waals surface area contributed by atoms with Gasteiger partial charge in [-0.3, -0.25) is 9.69 Å². The van der Waals surface area contributed by atoms with Crippen molar-refractivity contribution in [1.29, 1.82) is 0 Å². The first-order valence-electron chi connectivity index (χ1n) is 11.6. The van der Waals surface area contributed by atoms with E-state index in [9.17, 15) is 9.90 Å². The van der Waals surface area contributed by atoms with Crippen LogP contribution in [0, 0.1) is 0 Å². The zero-order valence-corrected chi connectivity index (χ0v) is 18.7. The van der Waals surface area contributed by atoms with Gasteiger partial charge in [0, 0.05) is 17.3 Å². The average Bonchev–Trinajstić information content (AvgIpc) is 3.54. The molecule has 0 fully saturated rings. The summed E-state index contributed by atoms with van der Waals surface area (Å²) in [7, 11) is 0. The first-order chi connectivity index (χ1) is 17.2. The van der Waals surface area contributed by atoms with E-state index in [1.165, 1.54) is 6.26 Å². The molecular formula is C30H21NO4. The molecule has 5 nitrogen and oxygen atoms in total. The van der Waals surface area contributed by atoms with E-state index in [1.54, 1.807) is 6.07 Å². The third-order valence-corrected chi connectivity index (χ3v) is 7.26. The minimum absolute atomic E-state index is 0.0440. The van der Waals surface area contributed by atoms with Gasteiger partial charge in [0.15, 0.2) is 5.75 Å². The first kappa shape index (κ1) is 19.9. The molecule has 1 unspecified atom stereocenters. The van der Waals surface area contributed by atoms with Crippen molar-refractivity contribution < 1.29 is 19.1 Å². The Bertz CT molecular complexity index is 1550. The SMILES string of the molecule is O=C1N(C(c2ccccc2)c2ccccc2)c2ccccc2C12COc1cc3occ(O)c3cc12. The number of furan rings is 1. The summed E-state index contributed by atoms with van der Waals surface area (Å²) in [5.74, 6) is 0.609. The third-order valence-electron chi connectivity index (χ3n) is 7.26. The summed E-state index contributed by atoms with van der Waals surface area (Å²) in [5.41, 5.74) is 4.10. The van der Waals surface area contributed by atoms with Gasteiger partial charge >= 0.3 is 0 Å². The number of nitrogens with zero attached hydrogens (tertiary/aromatic N) is 1. The number of fused-ring (bicyclic) bond motifs is 5. The van der Waals surface area contributed by atoms with E-state index in [2.05, 4.69) is 24.3 Å². The summed E-state index contributed by atoms with van der Waals surface area (Å²) in [6.45, 7) is 0.193. The van der Waals surface area contributed by atoms with Gasteiger partial charge in [-0.25, -0.2) is 0 Å². The molecule has 0 bridgehead atoms. The van der Waals surface area contributed by atoms with E-state index in [0.29, 0.717) is 16.7 Å². The molecule has 1 N–H and O–H groups in total. The highest BCUT2D eigenvalue weighted by Gasteiger charge is 2.58. The quantitative estimate of drug-likeness (QED) is 0.362. The van der Waals surface area contributed by atoms with E-state index < -0.39 is 5.41 Å². The monoisotopic (exact) mass is 459 g/mol. The van der Waals surface area contributed by atoms with Crippen LogP contribution in [-0.4, -0.2) is 17.6 Å². The number of rotatable bonds is 3. The van der Waals surface area contributed by atoms with Crippen LogP contribution < -0.4 is 9.64 Å². The second kappa shape index (κ2) is 7.24. The van der Waals surface area contributed by atoms with Crippen molar-refractivity contribution in [3.63, 3.8) is 0 Å². The zero-order valence-electron chi connectivity index (χ0n) is 18.7. The van der Waals surface area contributed by atoms with Crippen molar-refractivity contribution in [3.8, 4) is 11.5 Å². The Kier molecular flexibility index (Phi) is 4.12. The molecule has 2 aliphatic rings. The lowest BCUT2D eigenvalue weighted by molar-refractivity contribution is -0.122. The fourth-order valence-corrected chi connectivity index (χ4v) is 5.65. The van der Waals surface area contributed by atoms with Crippen LogP contribution in [0.4, 0.5) is 5.69 Å². The van der Waals surface area contributed by atoms with Crippen LogP contribution >= 0.6 is 0 Å². The van der Waals surface area contributed by atoms with Crippen LogP contribution in [-0.2, 0) is 10.2 Å². The number of hydrogen-bond acceptors (Lipinski definition) is 4. The Morgan fingerprint density at radius 1 is 0.829 bits per heavy atom.